The Balaban J connectivity index is 1.74. The number of halogens is 1. The summed E-state index contributed by atoms with van der Waals surface area (Å²) >= 11 is 3.57. The zero-order valence-electron chi connectivity index (χ0n) is 19.1. The number of phenolic OH excluding ortho intramolecular Hbond substituents is 1. The Morgan fingerprint density at radius 1 is 0.735 bits per heavy atom. The van der Waals surface area contributed by atoms with Crippen molar-refractivity contribution in [3.8, 4) is 11.5 Å². The monoisotopic (exact) mass is 508 g/mol. The van der Waals surface area contributed by atoms with Crippen LogP contribution in [-0.2, 0) is 0 Å². The van der Waals surface area contributed by atoms with Gasteiger partial charge in [-0.15, -0.1) is 0 Å². The van der Waals surface area contributed by atoms with Gasteiger partial charge in [-0.25, -0.2) is 0 Å². The lowest BCUT2D eigenvalue weighted by atomic mass is 9.85. The van der Waals surface area contributed by atoms with Gasteiger partial charge in [-0.3, -0.25) is 0 Å². The number of ether oxygens (including phenoxy) is 1. The van der Waals surface area contributed by atoms with Crippen LogP contribution in [0.5, 0.6) is 11.5 Å². The third-order valence-corrected chi connectivity index (χ3v) is 6.62. The second-order valence-electron chi connectivity index (χ2n) is 8.87. The molecule has 5 rings (SSSR count). The second-order valence-corrected chi connectivity index (χ2v) is 9.79. The lowest BCUT2D eigenvalue weighted by molar-refractivity contribution is 0.173. The number of aromatic hydroxyl groups is 1. The minimum Gasteiger partial charge on any atom is -0.508 e. The van der Waals surface area contributed by atoms with E-state index in [-0.39, 0.29) is 5.75 Å². The predicted molar refractivity (Wildman–Crippen MR) is 144 cm³/mol. The number of hydrogen-bond acceptors (Lipinski definition) is 2. The maximum atomic E-state index is 9.71. The topological polar surface area (TPSA) is 29.5 Å². The first-order valence-corrected chi connectivity index (χ1v) is 12.1. The first kappa shape index (κ1) is 22.2. The molecule has 0 amide bonds. The van der Waals surface area contributed by atoms with E-state index in [4.69, 9.17) is 4.74 Å². The molecule has 0 aliphatic heterocycles. The van der Waals surface area contributed by atoms with Gasteiger partial charge in [-0.1, -0.05) is 82.7 Å². The quantitative estimate of drug-likeness (QED) is 0.293. The molecule has 2 nitrogen and oxygen atoms in total. The van der Waals surface area contributed by atoms with E-state index >= 15 is 0 Å². The van der Waals surface area contributed by atoms with Crippen molar-refractivity contribution in [2.75, 3.05) is 0 Å². The third-order valence-electron chi connectivity index (χ3n) is 6.09. The van der Waals surface area contributed by atoms with E-state index < -0.39 is 5.60 Å². The molecule has 3 heteroatoms. The molecule has 4 aromatic carbocycles. The van der Waals surface area contributed by atoms with Crippen LogP contribution in [0.4, 0.5) is 0 Å². The molecule has 0 saturated carbocycles. The van der Waals surface area contributed by atoms with Gasteiger partial charge < -0.3 is 9.84 Å². The van der Waals surface area contributed by atoms with E-state index in [1.165, 1.54) is 22.3 Å². The molecule has 168 valence electrons. The molecular formula is C31H25BrO2. The molecule has 0 spiro atoms. The van der Waals surface area contributed by atoms with Gasteiger partial charge in [0.25, 0.3) is 0 Å². The van der Waals surface area contributed by atoms with Crippen LogP contribution in [0.2, 0.25) is 0 Å². The molecular weight excluding hydrogens is 484 g/mol. The lowest BCUT2D eigenvalue weighted by Crippen LogP contribution is -2.30. The van der Waals surface area contributed by atoms with Crippen molar-refractivity contribution in [3.63, 3.8) is 0 Å². The number of fused-ring (bicyclic) bond motifs is 1. The molecule has 0 radical (unpaired) electrons. The Morgan fingerprint density at radius 3 is 2.03 bits per heavy atom. The van der Waals surface area contributed by atoms with Gasteiger partial charge in [0, 0.05) is 10.0 Å². The van der Waals surface area contributed by atoms with E-state index in [0.717, 1.165) is 21.2 Å². The van der Waals surface area contributed by atoms with Crippen molar-refractivity contribution in [3.05, 3.63) is 136 Å². The molecule has 0 heterocycles. The van der Waals surface area contributed by atoms with Crippen LogP contribution in [0.3, 0.4) is 0 Å². The fraction of sp³-hybridized carbons (Fsp3) is 0.0968. The average Bonchev–Trinajstić information content (AvgIpc) is 3.21. The van der Waals surface area contributed by atoms with Crippen LogP contribution >= 0.6 is 15.9 Å². The summed E-state index contributed by atoms with van der Waals surface area (Å²) in [5.74, 6) is 0.924. The zero-order chi connectivity index (χ0) is 23.7. The highest BCUT2D eigenvalue weighted by Crippen LogP contribution is 2.46. The van der Waals surface area contributed by atoms with Crippen LogP contribution in [-0.4, -0.2) is 10.7 Å². The SMILES string of the molecule is CC(C)(Oc1ccc(O)cc1)/C(=C1/C=C(c2ccccc2)c2ccccc21)c1ccc(Br)cc1. The summed E-state index contributed by atoms with van der Waals surface area (Å²) in [4.78, 5) is 0. The van der Waals surface area contributed by atoms with Gasteiger partial charge in [-0.05, 0) is 89.7 Å². The summed E-state index contributed by atoms with van der Waals surface area (Å²) in [7, 11) is 0. The highest BCUT2D eigenvalue weighted by molar-refractivity contribution is 9.10. The number of phenols is 1. The van der Waals surface area contributed by atoms with E-state index in [0.29, 0.717) is 5.75 Å². The van der Waals surface area contributed by atoms with Crippen LogP contribution in [0.15, 0.2) is 114 Å². The van der Waals surface area contributed by atoms with Gasteiger partial charge >= 0.3 is 0 Å². The highest BCUT2D eigenvalue weighted by Gasteiger charge is 2.33. The second kappa shape index (κ2) is 9.00. The fourth-order valence-corrected chi connectivity index (χ4v) is 4.88. The number of benzene rings is 4. The van der Waals surface area contributed by atoms with E-state index in [1.807, 2.05) is 6.07 Å². The fourth-order valence-electron chi connectivity index (χ4n) is 4.62. The molecule has 0 fully saturated rings. The predicted octanol–water partition coefficient (Wildman–Crippen LogP) is 8.37. The number of hydrogen-bond donors (Lipinski definition) is 1. The van der Waals surface area contributed by atoms with Gasteiger partial charge in [0.15, 0.2) is 0 Å². The first-order valence-electron chi connectivity index (χ1n) is 11.3. The van der Waals surface area contributed by atoms with Crippen molar-refractivity contribution in [2.45, 2.75) is 19.4 Å². The maximum Gasteiger partial charge on any atom is 0.130 e. The Bertz CT molecular complexity index is 1380. The van der Waals surface area contributed by atoms with Crippen LogP contribution in [0.25, 0.3) is 16.7 Å². The molecule has 0 saturated heterocycles. The van der Waals surface area contributed by atoms with Crippen molar-refractivity contribution in [1.82, 2.24) is 0 Å². The minimum absolute atomic E-state index is 0.219. The minimum atomic E-state index is -0.657. The summed E-state index contributed by atoms with van der Waals surface area (Å²) in [5.41, 5.74) is 7.52. The summed E-state index contributed by atoms with van der Waals surface area (Å²) in [6, 6.07) is 34.4. The smallest absolute Gasteiger partial charge is 0.130 e. The molecule has 1 aliphatic carbocycles. The van der Waals surface area contributed by atoms with Crippen molar-refractivity contribution in [1.29, 1.82) is 0 Å². The first-order chi connectivity index (χ1) is 16.4. The highest BCUT2D eigenvalue weighted by atomic mass is 79.9. The Kier molecular flexibility index (Phi) is 5.89. The van der Waals surface area contributed by atoms with E-state index in [1.54, 1.807) is 24.3 Å². The maximum absolute atomic E-state index is 9.71. The normalized spacial score (nSPS) is 14.4. The summed E-state index contributed by atoms with van der Waals surface area (Å²) in [6.07, 6.45) is 2.29. The molecule has 0 atom stereocenters. The van der Waals surface area contributed by atoms with Gasteiger partial charge in [0.2, 0.25) is 0 Å². The standard InChI is InChI=1S/C31H25BrO2/c1-31(2,34-25-18-16-24(33)17-19-25)30(22-12-14-23(32)15-13-22)29-20-28(21-8-4-3-5-9-21)26-10-6-7-11-27(26)29/h3-20,33H,1-2H3/b30-29-. The summed E-state index contributed by atoms with van der Waals surface area (Å²) in [5, 5.41) is 9.71. The Labute approximate surface area is 209 Å². The molecule has 0 bridgehead atoms. The van der Waals surface area contributed by atoms with Crippen molar-refractivity contribution < 1.29 is 9.84 Å². The van der Waals surface area contributed by atoms with Crippen LogP contribution in [0.1, 0.15) is 36.1 Å². The number of allylic oxidation sites excluding steroid dienone is 2. The lowest BCUT2D eigenvalue weighted by Gasteiger charge is -2.31. The molecule has 34 heavy (non-hydrogen) atoms. The van der Waals surface area contributed by atoms with Gasteiger partial charge in [0.1, 0.15) is 17.1 Å². The van der Waals surface area contributed by atoms with Crippen LogP contribution < -0.4 is 4.74 Å². The Hall–Kier alpha value is -3.56. The number of rotatable bonds is 5. The summed E-state index contributed by atoms with van der Waals surface area (Å²) in [6.45, 7) is 4.20. The van der Waals surface area contributed by atoms with E-state index in [9.17, 15) is 5.11 Å². The molecule has 1 aliphatic rings. The molecule has 0 unspecified atom stereocenters. The third kappa shape index (κ3) is 4.32. The average molecular weight is 509 g/mol. The van der Waals surface area contributed by atoms with Crippen molar-refractivity contribution >= 4 is 32.6 Å². The van der Waals surface area contributed by atoms with Gasteiger partial charge in [-0.2, -0.15) is 0 Å². The molecule has 0 aromatic heterocycles. The zero-order valence-corrected chi connectivity index (χ0v) is 20.7. The van der Waals surface area contributed by atoms with Gasteiger partial charge in [0.05, 0.1) is 0 Å². The summed E-state index contributed by atoms with van der Waals surface area (Å²) < 4.78 is 7.59. The van der Waals surface area contributed by atoms with Crippen molar-refractivity contribution in [2.24, 2.45) is 0 Å². The molecule has 4 aromatic rings. The largest absolute Gasteiger partial charge is 0.508 e. The Morgan fingerprint density at radius 2 is 1.35 bits per heavy atom. The van der Waals surface area contributed by atoms with Crippen LogP contribution in [0, 0.1) is 0 Å². The molecule has 1 N–H and O–H groups in total. The van der Waals surface area contributed by atoms with E-state index in [2.05, 4.69) is 109 Å².